The summed E-state index contributed by atoms with van der Waals surface area (Å²) in [6.07, 6.45) is 8.03. The van der Waals surface area contributed by atoms with Gasteiger partial charge in [0.15, 0.2) is 0 Å². The zero-order valence-corrected chi connectivity index (χ0v) is 19.0. The number of hydrogen-bond acceptors (Lipinski definition) is 4. The van der Waals surface area contributed by atoms with Gasteiger partial charge in [-0.05, 0) is 45.6 Å². The summed E-state index contributed by atoms with van der Waals surface area (Å²) in [5.74, 6) is 1.29. The van der Waals surface area contributed by atoms with Gasteiger partial charge in [0.25, 0.3) is 5.56 Å². The zero-order chi connectivity index (χ0) is 23.7. The molecule has 9 heteroatoms. The zero-order valence-electron chi connectivity index (χ0n) is 19.0. The third kappa shape index (κ3) is 6.58. The van der Waals surface area contributed by atoms with Crippen molar-refractivity contribution in [3.05, 3.63) is 40.6 Å². The summed E-state index contributed by atoms with van der Waals surface area (Å²) >= 11 is 0. The summed E-state index contributed by atoms with van der Waals surface area (Å²) in [7, 11) is 0. The fourth-order valence-corrected chi connectivity index (χ4v) is 3.81. The van der Waals surface area contributed by atoms with E-state index in [9.17, 15) is 18.0 Å². The van der Waals surface area contributed by atoms with E-state index < -0.39 is 6.68 Å². The van der Waals surface area contributed by atoms with Crippen LogP contribution in [0.15, 0.2) is 29.2 Å². The minimum atomic E-state index is -3.67. The number of aryl methyl sites for hydroxylation is 2. The van der Waals surface area contributed by atoms with E-state index in [2.05, 4.69) is 15.0 Å². The van der Waals surface area contributed by atoms with Crippen molar-refractivity contribution in [2.45, 2.75) is 79.1 Å². The predicted octanol–water partition coefficient (Wildman–Crippen LogP) is 6.03. The van der Waals surface area contributed by atoms with Crippen LogP contribution in [0.4, 0.5) is 13.2 Å². The summed E-state index contributed by atoms with van der Waals surface area (Å²) in [6.45, 7) is 4.79. The molecule has 3 heterocycles. The lowest BCUT2D eigenvalue weighted by molar-refractivity contribution is 0.00819. The molecule has 0 bridgehead atoms. The van der Waals surface area contributed by atoms with E-state index in [4.69, 9.17) is 4.74 Å². The standard InChI is InChI=1S/C20H24N4O2.C2H6.CHF3/c1-3-24-19(25)10-9-16-20(24)15(12-21-16)17-11-18(23-13(2)22-17)26-14-7-5-4-6-8-14;1-2;2-1(3)4/h9-12,14,21H,3-8H2,1-2H3;1-2H3;1H. The molecular weight excluding hydrogens is 421 g/mol. The average Bonchev–Trinajstić information content (AvgIpc) is 3.19. The van der Waals surface area contributed by atoms with Crippen LogP contribution < -0.4 is 10.3 Å². The lowest BCUT2D eigenvalue weighted by Gasteiger charge is -2.22. The van der Waals surface area contributed by atoms with Crippen LogP contribution in [0, 0.1) is 6.92 Å². The van der Waals surface area contributed by atoms with E-state index in [1.165, 1.54) is 19.3 Å². The average molecular weight is 453 g/mol. The fourth-order valence-electron chi connectivity index (χ4n) is 3.81. The van der Waals surface area contributed by atoms with Crippen LogP contribution in [0.2, 0.25) is 0 Å². The number of alkyl halides is 3. The molecule has 176 valence electrons. The van der Waals surface area contributed by atoms with Crippen molar-refractivity contribution in [1.29, 1.82) is 0 Å². The first-order valence-electron chi connectivity index (χ1n) is 11.0. The maximum absolute atomic E-state index is 12.2. The minimum Gasteiger partial charge on any atom is -0.474 e. The second-order valence-electron chi connectivity index (χ2n) is 7.14. The molecule has 0 atom stereocenters. The Hall–Kier alpha value is -2.84. The molecule has 1 aliphatic rings. The van der Waals surface area contributed by atoms with Gasteiger partial charge in [0.2, 0.25) is 5.88 Å². The highest BCUT2D eigenvalue weighted by atomic mass is 19.4. The van der Waals surface area contributed by atoms with Gasteiger partial charge in [-0.15, -0.1) is 0 Å². The van der Waals surface area contributed by atoms with Gasteiger partial charge in [0.1, 0.15) is 11.9 Å². The Kier molecular flexibility index (Phi) is 9.74. The van der Waals surface area contributed by atoms with E-state index in [-0.39, 0.29) is 11.7 Å². The van der Waals surface area contributed by atoms with Crippen LogP contribution in [0.5, 0.6) is 5.88 Å². The highest BCUT2D eigenvalue weighted by Gasteiger charge is 2.18. The molecule has 32 heavy (non-hydrogen) atoms. The van der Waals surface area contributed by atoms with Crippen molar-refractivity contribution >= 4 is 11.0 Å². The monoisotopic (exact) mass is 452 g/mol. The van der Waals surface area contributed by atoms with Crippen LogP contribution >= 0.6 is 0 Å². The predicted molar refractivity (Wildman–Crippen MR) is 120 cm³/mol. The molecule has 6 nitrogen and oxygen atoms in total. The Balaban J connectivity index is 0.000000547. The quantitative estimate of drug-likeness (QED) is 0.524. The Labute approximate surface area is 185 Å². The molecular formula is C23H31F3N4O2. The third-order valence-corrected chi connectivity index (χ3v) is 5.06. The topological polar surface area (TPSA) is 72.8 Å². The van der Waals surface area contributed by atoms with Crippen LogP contribution in [0.25, 0.3) is 22.3 Å². The number of aromatic amines is 1. The van der Waals surface area contributed by atoms with Gasteiger partial charge in [0.05, 0.1) is 16.7 Å². The van der Waals surface area contributed by atoms with Crippen molar-refractivity contribution in [2.75, 3.05) is 0 Å². The third-order valence-electron chi connectivity index (χ3n) is 5.06. The summed E-state index contributed by atoms with van der Waals surface area (Å²) in [5.41, 5.74) is 3.47. The van der Waals surface area contributed by atoms with Crippen molar-refractivity contribution in [3.8, 4) is 17.1 Å². The van der Waals surface area contributed by atoms with Crippen molar-refractivity contribution in [2.24, 2.45) is 0 Å². The Morgan fingerprint density at radius 2 is 1.81 bits per heavy atom. The molecule has 1 fully saturated rings. The highest BCUT2D eigenvalue weighted by Crippen LogP contribution is 2.29. The van der Waals surface area contributed by atoms with Crippen LogP contribution in [0.3, 0.4) is 0 Å². The molecule has 4 rings (SSSR count). The van der Waals surface area contributed by atoms with Gasteiger partial charge in [-0.25, -0.2) is 4.98 Å². The molecule has 3 aromatic heterocycles. The van der Waals surface area contributed by atoms with Crippen molar-refractivity contribution in [1.82, 2.24) is 19.5 Å². The van der Waals surface area contributed by atoms with Gasteiger partial charge in [-0.3, -0.25) is 4.79 Å². The van der Waals surface area contributed by atoms with Crippen molar-refractivity contribution in [3.63, 3.8) is 0 Å². The van der Waals surface area contributed by atoms with Crippen molar-refractivity contribution < 1.29 is 17.9 Å². The number of fused-ring (bicyclic) bond motifs is 1. The van der Waals surface area contributed by atoms with Crippen LogP contribution in [-0.2, 0) is 6.54 Å². The largest absolute Gasteiger partial charge is 0.474 e. The molecule has 0 radical (unpaired) electrons. The maximum Gasteiger partial charge on any atom is 0.379 e. The second kappa shape index (κ2) is 12.3. The fraction of sp³-hybridized carbons (Fsp3) is 0.522. The molecule has 0 spiro atoms. The first-order valence-corrected chi connectivity index (χ1v) is 11.0. The highest BCUT2D eigenvalue weighted by molar-refractivity contribution is 5.91. The molecule has 1 aliphatic carbocycles. The lowest BCUT2D eigenvalue weighted by Crippen LogP contribution is -2.20. The smallest absolute Gasteiger partial charge is 0.379 e. The van der Waals surface area contributed by atoms with E-state index >= 15 is 0 Å². The minimum absolute atomic E-state index is 0.00897. The van der Waals surface area contributed by atoms with Gasteiger partial charge in [0, 0.05) is 30.4 Å². The second-order valence-corrected chi connectivity index (χ2v) is 7.14. The molecule has 1 N–H and O–H groups in total. The molecule has 0 unspecified atom stereocenters. The molecule has 0 aromatic carbocycles. The van der Waals surface area contributed by atoms with Gasteiger partial charge < -0.3 is 14.3 Å². The Morgan fingerprint density at radius 3 is 2.44 bits per heavy atom. The summed E-state index contributed by atoms with van der Waals surface area (Å²) in [5, 5.41) is 0. The molecule has 0 saturated heterocycles. The SMILES string of the molecule is CC.CCn1c(=O)ccc2[nH]cc(-c3cc(OC4CCCCC4)nc(C)n3)c21.FC(F)F. The van der Waals surface area contributed by atoms with Crippen LogP contribution in [0.1, 0.15) is 58.7 Å². The normalized spacial score (nSPS) is 13.9. The number of nitrogens with one attached hydrogen (secondary N) is 1. The number of H-pyrrole nitrogens is 1. The van der Waals surface area contributed by atoms with E-state index in [1.807, 2.05) is 46.0 Å². The number of aromatic nitrogens is 4. The van der Waals surface area contributed by atoms with E-state index in [1.54, 1.807) is 10.6 Å². The number of hydrogen-bond donors (Lipinski definition) is 1. The Morgan fingerprint density at radius 1 is 1.16 bits per heavy atom. The van der Waals surface area contributed by atoms with Gasteiger partial charge in [-0.1, -0.05) is 20.3 Å². The Bertz CT molecular complexity index is 1040. The molecule has 1 saturated carbocycles. The number of halogens is 3. The van der Waals surface area contributed by atoms with Crippen LogP contribution in [-0.4, -0.2) is 32.3 Å². The summed E-state index contributed by atoms with van der Waals surface area (Å²) in [4.78, 5) is 24.5. The first-order chi connectivity index (χ1) is 15.4. The van der Waals surface area contributed by atoms with Gasteiger partial charge in [-0.2, -0.15) is 18.2 Å². The lowest BCUT2D eigenvalue weighted by atomic mass is 9.98. The summed E-state index contributed by atoms with van der Waals surface area (Å²) < 4.78 is 36.9. The van der Waals surface area contributed by atoms with E-state index in [0.29, 0.717) is 18.2 Å². The first kappa shape index (κ1) is 25.4. The number of ether oxygens (including phenoxy) is 1. The van der Waals surface area contributed by atoms with Gasteiger partial charge >= 0.3 is 6.68 Å². The maximum atomic E-state index is 12.2. The molecule has 0 aliphatic heterocycles. The number of nitrogens with zero attached hydrogens (tertiary/aromatic N) is 3. The summed E-state index contributed by atoms with van der Waals surface area (Å²) in [6, 6.07) is 5.30. The molecule has 0 amide bonds. The number of rotatable bonds is 4. The van der Waals surface area contributed by atoms with E-state index in [0.717, 1.165) is 35.1 Å². The number of pyridine rings is 1. The molecule has 3 aromatic rings.